The van der Waals surface area contributed by atoms with Crippen molar-refractivity contribution < 1.29 is 26.7 Å². The second kappa shape index (κ2) is 9.59. The lowest BCUT2D eigenvalue weighted by atomic mass is 9.92. The van der Waals surface area contributed by atoms with Crippen molar-refractivity contribution >= 4 is 21.7 Å². The molecule has 150 valence electrons. The Hall–Kier alpha value is -2.29. The number of alkyl halides is 2. The highest BCUT2D eigenvalue weighted by molar-refractivity contribution is 7.89. The van der Waals surface area contributed by atoms with Gasteiger partial charge in [-0.25, -0.2) is 4.79 Å². The molecule has 0 amide bonds. The molecule has 0 aliphatic rings. The summed E-state index contributed by atoms with van der Waals surface area (Å²) in [5.41, 5.74) is -0.483. The maximum Gasteiger partial charge on any atom is 0.360 e. The van der Waals surface area contributed by atoms with E-state index in [1.807, 2.05) is 0 Å². The molecular weight excluding hydrogens is 378 g/mol. The molecule has 0 fully saturated rings. The molecule has 1 N–H and O–H groups in total. The van der Waals surface area contributed by atoms with Crippen molar-refractivity contribution in [1.29, 1.82) is 0 Å². The van der Waals surface area contributed by atoms with Gasteiger partial charge in [0.05, 0.1) is 11.5 Å². The van der Waals surface area contributed by atoms with Crippen molar-refractivity contribution in [2.75, 3.05) is 6.61 Å². The number of sulfonamides is 1. The maximum absolute atomic E-state index is 14.8. The second-order valence-electron chi connectivity index (χ2n) is 5.84. The summed E-state index contributed by atoms with van der Waals surface area (Å²) < 4.78 is 58.8. The molecule has 1 atom stereocenters. The number of benzene rings is 1. The summed E-state index contributed by atoms with van der Waals surface area (Å²) >= 11 is 0. The number of nitrogens with zero attached hydrogens (tertiary/aromatic N) is 1. The number of carbonyl (C=O) groups excluding carboxylic acids is 1. The molecule has 1 aromatic carbocycles. The number of hydrogen-bond acceptors (Lipinski definition) is 5. The van der Waals surface area contributed by atoms with Crippen molar-refractivity contribution in [3.63, 3.8) is 0 Å². The van der Waals surface area contributed by atoms with E-state index in [2.05, 4.69) is 16.4 Å². The Bertz CT molecular complexity index is 790. The number of rotatable bonds is 10. The van der Waals surface area contributed by atoms with Gasteiger partial charge >= 0.3 is 11.9 Å². The first-order valence-electron chi connectivity index (χ1n) is 8.44. The molecule has 0 saturated carbocycles. The summed E-state index contributed by atoms with van der Waals surface area (Å²) in [4.78, 5) is 13.5. The summed E-state index contributed by atoms with van der Waals surface area (Å²) in [6.07, 6.45) is 1.48. The van der Waals surface area contributed by atoms with E-state index in [1.165, 1.54) is 19.1 Å². The summed E-state index contributed by atoms with van der Waals surface area (Å²) in [6, 6.07) is 5.71. The molecule has 0 radical (unpaired) electrons. The number of ether oxygens (including phenoxy) is 1. The Balaban J connectivity index is 3.28. The van der Waals surface area contributed by atoms with Crippen LogP contribution < -0.4 is 4.83 Å². The molecule has 0 aliphatic carbocycles. The summed E-state index contributed by atoms with van der Waals surface area (Å²) in [6.45, 7) is 8.13. The highest BCUT2D eigenvalue weighted by Gasteiger charge is 2.47. The third-order valence-corrected chi connectivity index (χ3v) is 4.97. The van der Waals surface area contributed by atoms with Crippen LogP contribution in [0, 0.1) is 12.8 Å². The van der Waals surface area contributed by atoms with Gasteiger partial charge in [-0.3, -0.25) is 0 Å². The van der Waals surface area contributed by atoms with Crippen molar-refractivity contribution in [3.8, 4) is 0 Å². The number of allylic oxidation sites excluding steroid dienone is 1. The number of hydrazone groups is 1. The maximum atomic E-state index is 14.8. The standard InChI is InChI=1S/C18H24F2N2O4S/c1-5-8-14(6-2)18(19,20)16(17(23)26-7-3)21-22-27(24,25)15-11-9-13(4)10-12-15/h6,9-12,14,22H,2,5,7-8H2,1,3-4H3/b21-16-. The number of aryl methyl sites for hydroxylation is 1. The molecule has 9 heteroatoms. The Morgan fingerprint density at radius 2 is 1.93 bits per heavy atom. The molecule has 1 aromatic rings. The van der Waals surface area contributed by atoms with Gasteiger partial charge < -0.3 is 4.74 Å². The third-order valence-electron chi connectivity index (χ3n) is 3.74. The van der Waals surface area contributed by atoms with Crippen LogP contribution >= 0.6 is 0 Å². The molecule has 0 bridgehead atoms. The average molecular weight is 402 g/mol. The fraction of sp³-hybridized carbons (Fsp3) is 0.444. The SMILES string of the molecule is C=CC(CCC)C(F)(F)/C(=N\NS(=O)(=O)c1ccc(C)cc1)C(=O)OCC. The van der Waals surface area contributed by atoms with E-state index >= 15 is 0 Å². The molecule has 0 spiro atoms. The Kier molecular flexibility index (Phi) is 8.08. The van der Waals surface area contributed by atoms with Gasteiger partial charge in [0.15, 0.2) is 0 Å². The van der Waals surface area contributed by atoms with Gasteiger partial charge in [0.25, 0.3) is 10.0 Å². The molecule has 1 rings (SSSR count). The van der Waals surface area contributed by atoms with Gasteiger partial charge in [-0.1, -0.05) is 37.1 Å². The monoisotopic (exact) mass is 402 g/mol. The van der Waals surface area contributed by atoms with Crippen LogP contribution in [0.3, 0.4) is 0 Å². The van der Waals surface area contributed by atoms with E-state index in [-0.39, 0.29) is 17.9 Å². The first kappa shape index (κ1) is 22.8. The van der Waals surface area contributed by atoms with Crippen molar-refractivity contribution in [1.82, 2.24) is 4.83 Å². The lowest BCUT2D eigenvalue weighted by Crippen LogP contribution is -2.43. The lowest BCUT2D eigenvalue weighted by Gasteiger charge is -2.24. The number of carbonyl (C=O) groups is 1. The molecule has 0 heterocycles. The molecule has 0 saturated heterocycles. The van der Waals surface area contributed by atoms with Gasteiger partial charge in [-0.15, -0.1) is 6.58 Å². The van der Waals surface area contributed by atoms with Crippen molar-refractivity contribution in [3.05, 3.63) is 42.5 Å². The quantitative estimate of drug-likeness (QED) is 0.281. The zero-order valence-electron chi connectivity index (χ0n) is 15.5. The van der Waals surface area contributed by atoms with Crippen LogP contribution in [0.1, 0.15) is 32.3 Å². The van der Waals surface area contributed by atoms with Crippen LogP contribution in [-0.4, -0.2) is 32.6 Å². The highest BCUT2D eigenvalue weighted by atomic mass is 32.2. The van der Waals surface area contributed by atoms with E-state index in [0.29, 0.717) is 6.42 Å². The Labute approximate surface area is 158 Å². The summed E-state index contributed by atoms with van der Waals surface area (Å²) in [5, 5.41) is 3.24. The highest BCUT2D eigenvalue weighted by Crippen LogP contribution is 2.31. The van der Waals surface area contributed by atoms with Crippen LogP contribution in [0.15, 0.2) is 46.9 Å². The molecule has 0 aliphatic heterocycles. The second-order valence-corrected chi connectivity index (χ2v) is 7.50. The molecular formula is C18H24F2N2O4S. The van der Waals surface area contributed by atoms with Gasteiger partial charge in [-0.05, 0) is 32.4 Å². The minimum Gasteiger partial charge on any atom is -0.461 e. The third kappa shape index (κ3) is 5.85. The molecule has 1 unspecified atom stereocenters. The minimum atomic E-state index is -4.23. The zero-order chi connectivity index (χ0) is 20.7. The molecule has 6 nitrogen and oxygen atoms in total. The van der Waals surface area contributed by atoms with Crippen LogP contribution in [-0.2, 0) is 19.6 Å². The van der Waals surface area contributed by atoms with E-state index in [9.17, 15) is 22.0 Å². The molecule has 27 heavy (non-hydrogen) atoms. The predicted octanol–water partition coefficient (Wildman–Crippen LogP) is 3.43. The van der Waals surface area contributed by atoms with Crippen LogP contribution in [0.25, 0.3) is 0 Å². The van der Waals surface area contributed by atoms with Crippen LogP contribution in [0.5, 0.6) is 0 Å². The number of nitrogens with one attached hydrogen (secondary N) is 1. The number of halogens is 2. The Morgan fingerprint density at radius 3 is 2.41 bits per heavy atom. The molecule has 0 aromatic heterocycles. The first-order valence-corrected chi connectivity index (χ1v) is 9.92. The van der Waals surface area contributed by atoms with Crippen molar-refractivity contribution in [2.24, 2.45) is 11.0 Å². The van der Waals surface area contributed by atoms with Gasteiger partial charge in [-0.2, -0.15) is 27.1 Å². The Morgan fingerprint density at radius 1 is 1.33 bits per heavy atom. The summed E-state index contributed by atoms with van der Waals surface area (Å²) in [5.74, 6) is -6.54. The van der Waals surface area contributed by atoms with E-state index in [1.54, 1.807) is 30.8 Å². The zero-order valence-corrected chi connectivity index (χ0v) is 16.4. The van der Waals surface area contributed by atoms with E-state index in [4.69, 9.17) is 0 Å². The van der Waals surface area contributed by atoms with E-state index in [0.717, 1.165) is 11.6 Å². The topological polar surface area (TPSA) is 84.8 Å². The van der Waals surface area contributed by atoms with E-state index < -0.39 is 33.5 Å². The van der Waals surface area contributed by atoms with Gasteiger partial charge in [0.2, 0.25) is 5.71 Å². The smallest absolute Gasteiger partial charge is 0.360 e. The minimum absolute atomic E-state index is 0.0413. The van der Waals surface area contributed by atoms with Crippen LogP contribution in [0.2, 0.25) is 0 Å². The fourth-order valence-corrected chi connectivity index (χ4v) is 3.08. The van der Waals surface area contributed by atoms with Crippen molar-refractivity contribution in [2.45, 2.75) is 44.4 Å². The normalized spacial score (nSPS) is 13.7. The summed E-state index contributed by atoms with van der Waals surface area (Å²) in [7, 11) is -4.23. The lowest BCUT2D eigenvalue weighted by molar-refractivity contribution is -0.137. The largest absolute Gasteiger partial charge is 0.461 e. The number of hydrogen-bond donors (Lipinski definition) is 1. The number of esters is 1. The van der Waals surface area contributed by atoms with Gasteiger partial charge in [0.1, 0.15) is 0 Å². The average Bonchev–Trinajstić information content (AvgIpc) is 2.59. The van der Waals surface area contributed by atoms with Crippen LogP contribution in [0.4, 0.5) is 8.78 Å². The predicted molar refractivity (Wildman–Crippen MR) is 99.1 cm³/mol. The first-order chi connectivity index (χ1) is 12.6. The van der Waals surface area contributed by atoms with Gasteiger partial charge in [0, 0.05) is 5.92 Å². The fourth-order valence-electron chi connectivity index (χ4n) is 2.27.